The molecule has 2 aromatic rings. The Bertz CT molecular complexity index is 662. The molecule has 0 aliphatic heterocycles. The van der Waals surface area contributed by atoms with Crippen molar-refractivity contribution in [1.82, 2.24) is 14.8 Å². The number of benzene rings is 1. The second-order valence-corrected chi connectivity index (χ2v) is 5.25. The lowest BCUT2D eigenvalue weighted by Gasteiger charge is -2.13. The molecule has 1 N–H and O–H groups in total. The van der Waals surface area contributed by atoms with E-state index in [0.717, 1.165) is 22.7 Å². The fraction of sp³-hybridized carbons (Fsp3) is 0.333. The lowest BCUT2D eigenvalue weighted by Crippen LogP contribution is -2.07. The minimum Gasteiger partial charge on any atom is -0.485 e. The molecule has 0 spiro atoms. The Hall–Kier alpha value is -1.88. The largest absolute Gasteiger partial charge is 0.485 e. The molecule has 0 aliphatic rings. The number of nitrogens with zero attached hydrogens (tertiary/aromatic N) is 2. The Labute approximate surface area is 124 Å². The smallest absolute Gasteiger partial charge is 0.195 e. The van der Waals surface area contributed by atoms with Gasteiger partial charge < -0.3 is 4.74 Å². The summed E-state index contributed by atoms with van der Waals surface area (Å²) in [5, 5.41) is 6.98. The van der Waals surface area contributed by atoms with Crippen LogP contribution in [0.5, 0.6) is 5.75 Å². The normalized spacial score (nSPS) is 10.6. The summed E-state index contributed by atoms with van der Waals surface area (Å²) in [5.41, 5.74) is 3.50. The van der Waals surface area contributed by atoms with Gasteiger partial charge in [0.25, 0.3) is 0 Å². The first-order valence-corrected chi connectivity index (χ1v) is 6.89. The highest BCUT2D eigenvalue weighted by Crippen LogP contribution is 2.25. The molecule has 0 saturated heterocycles. The van der Waals surface area contributed by atoms with Gasteiger partial charge in [0.05, 0.1) is 0 Å². The molecular weight excluding hydrogens is 270 g/mol. The maximum absolute atomic E-state index is 5.93. The van der Waals surface area contributed by atoms with Crippen molar-refractivity contribution < 1.29 is 4.74 Å². The summed E-state index contributed by atoms with van der Waals surface area (Å²) < 4.78 is 8.39. The van der Waals surface area contributed by atoms with Gasteiger partial charge in [0, 0.05) is 6.54 Å². The molecule has 0 bridgehead atoms. The van der Waals surface area contributed by atoms with Crippen LogP contribution in [0, 0.1) is 25.5 Å². The molecular formula is C15H19N3OS. The Morgan fingerprint density at radius 3 is 2.60 bits per heavy atom. The summed E-state index contributed by atoms with van der Waals surface area (Å²) in [6.45, 7) is 10.9. The van der Waals surface area contributed by atoms with Crippen LogP contribution >= 0.6 is 12.2 Å². The summed E-state index contributed by atoms with van der Waals surface area (Å²) in [6, 6.07) is 4.23. The molecule has 4 nitrogen and oxygen atoms in total. The van der Waals surface area contributed by atoms with Gasteiger partial charge >= 0.3 is 0 Å². The third-order valence-electron chi connectivity index (χ3n) is 3.10. The highest BCUT2D eigenvalue weighted by atomic mass is 32.1. The van der Waals surface area contributed by atoms with Crippen LogP contribution in [0.25, 0.3) is 0 Å². The standard InChI is InChI=1S/C15H19N3OS/c1-5-6-18-13(16-17-15(18)20)9-19-14-11(3)7-10(2)8-12(14)4/h5,7-8H,1,6,9H2,2-4H3,(H,17,20). The predicted molar refractivity (Wildman–Crippen MR) is 82.6 cm³/mol. The highest BCUT2D eigenvalue weighted by Gasteiger charge is 2.09. The zero-order valence-electron chi connectivity index (χ0n) is 12.1. The number of rotatable bonds is 5. The maximum Gasteiger partial charge on any atom is 0.195 e. The Balaban J connectivity index is 2.21. The zero-order valence-corrected chi connectivity index (χ0v) is 12.9. The van der Waals surface area contributed by atoms with E-state index in [0.29, 0.717) is 17.9 Å². The fourth-order valence-electron chi connectivity index (χ4n) is 2.31. The van der Waals surface area contributed by atoms with E-state index in [2.05, 4.69) is 49.7 Å². The van der Waals surface area contributed by atoms with Crippen LogP contribution < -0.4 is 4.74 Å². The molecule has 0 aliphatic carbocycles. The molecule has 0 radical (unpaired) electrons. The van der Waals surface area contributed by atoms with E-state index < -0.39 is 0 Å². The quantitative estimate of drug-likeness (QED) is 0.675. The SMILES string of the molecule is C=CCn1c(COc2c(C)cc(C)cc2C)n[nH]c1=S. The number of ether oxygens (including phenoxy) is 1. The van der Waals surface area contributed by atoms with Crippen molar-refractivity contribution in [3.8, 4) is 5.75 Å². The minimum atomic E-state index is 0.381. The number of aryl methyl sites for hydroxylation is 3. The van der Waals surface area contributed by atoms with Crippen LogP contribution in [0.3, 0.4) is 0 Å². The molecule has 1 heterocycles. The molecule has 0 saturated carbocycles. The molecule has 5 heteroatoms. The number of hydrogen-bond donors (Lipinski definition) is 1. The minimum absolute atomic E-state index is 0.381. The molecule has 2 rings (SSSR count). The molecule has 1 aromatic heterocycles. The van der Waals surface area contributed by atoms with Gasteiger partial charge in [-0.3, -0.25) is 9.67 Å². The summed E-state index contributed by atoms with van der Waals surface area (Å²) in [4.78, 5) is 0. The number of aromatic nitrogens is 3. The third kappa shape index (κ3) is 2.99. The average molecular weight is 289 g/mol. The van der Waals surface area contributed by atoms with Crippen LogP contribution in [0.15, 0.2) is 24.8 Å². The van der Waals surface area contributed by atoms with E-state index in [1.165, 1.54) is 5.56 Å². The van der Waals surface area contributed by atoms with Gasteiger partial charge in [-0.05, 0) is 44.1 Å². The van der Waals surface area contributed by atoms with Crippen molar-refractivity contribution in [2.75, 3.05) is 0 Å². The predicted octanol–water partition coefficient (Wildman–Crippen LogP) is 3.63. The summed E-state index contributed by atoms with van der Waals surface area (Å²) >= 11 is 5.18. The Morgan fingerprint density at radius 2 is 2.00 bits per heavy atom. The van der Waals surface area contributed by atoms with Crippen LogP contribution in [0.1, 0.15) is 22.5 Å². The molecule has 106 valence electrons. The molecule has 20 heavy (non-hydrogen) atoms. The number of nitrogens with one attached hydrogen (secondary N) is 1. The van der Waals surface area contributed by atoms with Crippen LogP contribution in [0.2, 0.25) is 0 Å². The Morgan fingerprint density at radius 1 is 1.35 bits per heavy atom. The van der Waals surface area contributed by atoms with Crippen molar-refractivity contribution in [2.24, 2.45) is 0 Å². The van der Waals surface area contributed by atoms with Gasteiger partial charge in [-0.2, -0.15) is 5.10 Å². The summed E-state index contributed by atoms with van der Waals surface area (Å²) in [5.74, 6) is 1.68. The van der Waals surface area contributed by atoms with Crippen LogP contribution in [0.4, 0.5) is 0 Å². The van der Waals surface area contributed by atoms with E-state index in [4.69, 9.17) is 17.0 Å². The number of H-pyrrole nitrogens is 1. The number of allylic oxidation sites excluding steroid dienone is 1. The molecule has 0 atom stereocenters. The lowest BCUT2D eigenvalue weighted by molar-refractivity contribution is 0.286. The second-order valence-electron chi connectivity index (χ2n) is 4.86. The van der Waals surface area contributed by atoms with Crippen molar-refractivity contribution in [3.63, 3.8) is 0 Å². The van der Waals surface area contributed by atoms with Crippen molar-refractivity contribution >= 4 is 12.2 Å². The van der Waals surface area contributed by atoms with Crippen molar-refractivity contribution in [2.45, 2.75) is 33.9 Å². The maximum atomic E-state index is 5.93. The van der Waals surface area contributed by atoms with Gasteiger partial charge in [-0.25, -0.2) is 0 Å². The monoisotopic (exact) mass is 289 g/mol. The average Bonchev–Trinajstić information content (AvgIpc) is 2.70. The van der Waals surface area contributed by atoms with E-state index >= 15 is 0 Å². The molecule has 0 unspecified atom stereocenters. The van der Waals surface area contributed by atoms with E-state index in [-0.39, 0.29) is 0 Å². The first-order valence-electron chi connectivity index (χ1n) is 6.48. The van der Waals surface area contributed by atoms with Crippen LogP contribution in [-0.2, 0) is 13.2 Å². The van der Waals surface area contributed by atoms with Gasteiger partial charge in [0.2, 0.25) is 0 Å². The fourth-order valence-corrected chi connectivity index (χ4v) is 2.53. The van der Waals surface area contributed by atoms with Gasteiger partial charge in [0.15, 0.2) is 10.6 Å². The van der Waals surface area contributed by atoms with Crippen molar-refractivity contribution in [3.05, 3.63) is 52.1 Å². The van der Waals surface area contributed by atoms with E-state index in [1.54, 1.807) is 6.08 Å². The van der Waals surface area contributed by atoms with E-state index in [1.807, 2.05) is 4.57 Å². The summed E-state index contributed by atoms with van der Waals surface area (Å²) in [7, 11) is 0. The molecule has 0 fully saturated rings. The van der Waals surface area contributed by atoms with Gasteiger partial charge in [0.1, 0.15) is 12.4 Å². The second kappa shape index (κ2) is 6.05. The summed E-state index contributed by atoms with van der Waals surface area (Å²) in [6.07, 6.45) is 1.79. The first kappa shape index (κ1) is 14.5. The van der Waals surface area contributed by atoms with Crippen molar-refractivity contribution in [1.29, 1.82) is 0 Å². The lowest BCUT2D eigenvalue weighted by atomic mass is 10.1. The van der Waals surface area contributed by atoms with Gasteiger partial charge in [-0.1, -0.05) is 23.8 Å². The highest BCUT2D eigenvalue weighted by molar-refractivity contribution is 7.71. The van der Waals surface area contributed by atoms with E-state index in [9.17, 15) is 0 Å². The zero-order chi connectivity index (χ0) is 14.7. The Kier molecular flexibility index (Phi) is 4.39. The first-order chi connectivity index (χ1) is 9.52. The number of aromatic amines is 1. The molecule has 0 amide bonds. The third-order valence-corrected chi connectivity index (χ3v) is 3.41. The topological polar surface area (TPSA) is 42.8 Å². The van der Waals surface area contributed by atoms with Crippen LogP contribution in [-0.4, -0.2) is 14.8 Å². The number of hydrogen-bond acceptors (Lipinski definition) is 3. The van der Waals surface area contributed by atoms with Gasteiger partial charge in [-0.15, -0.1) is 6.58 Å². The molecule has 1 aromatic carbocycles.